The standard InChI is InChI=1S/C14H12FNO5/c1-20-13-6-5-9(16(18)19)7-14(13)21-12-4-2-3-11(15)10(12)8-17/h2-7,17H,8H2,1H3. The minimum Gasteiger partial charge on any atom is -0.493 e. The largest absolute Gasteiger partial charge is 0.493 e. The van der Waals surface area contributed by atoms with E-state index in [4.69, 9.17) is 9.47 Å². The monoisotopic (exact) mass is 293 g/mol. The van der Waals surface area contributed by atoms with Gasteiger partial charge in [-0.25, -0.2) is 4.39 Å². The first kappa shape index (κ1) is 14.7. The van der Waals surface area contributed by atoms with Crippen molar-refractivity contribution in [1.82, 2.24) is 0 Å². The Labute approximate surface area is 119 Å². The van der Waals surface area contributed by atoms with Crippen molar-refractivity contribution in [2.75, 3.05) is 7.11 Å². The summed E-state index contributed by atoms with van der Waals surface area (Å²) in [5.74, 6) is -0.239. The van der Waals surface area contributed by atoms with E-state index in [1.165, 1.54) is 43.5 Å². The maximum atomic E-state index is 13.6. The van der Waals surface area contributed by atoms with Crippen LogP contribution in [0.2, 0.25) is 0 Å². The smallest absolute Gasteiger partial charge is 0.273 e. The van der Waals surface area contributed by atoms with Gasteiger partial charge in [-0.3, -0.25) is 10.1 Å². The summed E-state index contributed by atoms with van der Waals surface area (Å²) in [5.41, 5.74) is -0.223. The molecule has 21 heavy (non-hydrogen) atoms. The molecule has 0 saturated heterocycles. The lowest BCUT2D eigenvalue weighted by Gasteiger charge is -2.13. The third-order valence-electron chi connectivity index (χ3n) is 2.81. The summed E-state index contributed by atoms with van der Waals surface area (Å²) in [4.78, 5) is 10.2. The van der Waals surface area contributed by atoms with Crippen LogP contribution in [-0.2, 0) is 6.61 Å². The van der Waals surface area contributed by atoms with E-state index in [1.807, 2.05) is 0 Å². The summed E-state index contributed by atoms with van der Waals surface area (Å²) in [7, 11) is 1.38. The van der Waals surface area contributed by atoms with E-state index in [2.05, 4.69) is 0 Å². The third kappa shape index (κ3) is 3.09. The molecule has 0 atom stereocenters. The van der Waals surface area contributed by atoms with Crippen LogP contribution in [0.4, 0.5) is 10.1 Å². The van der Waals surface area contributed by atoms with Gasteiger partial charge in [-0.15, -0.1) is 0 Å². The summed E-state index contributed by atoms with van der Waals surface area (Å²) in [5, 5.41) is 20.0. The summed E-state index contributed by atoms with van der Waals surface area (Å²) < 4.78 is 24.1. The van der Waals surface area contributed by atoms with Crippen molar-refractivity contribution in [3.8, 4) is 17.2 Å². The first-order valence-electron chi connectivity index (χ1n) is 5.95. The molecule has 2 aromatic carbocycles. The molecule has 1 N–H and O–H groups in total. The number of aliphatic hydroxyl groups is 1. The highest BCUT2D eigenvalue weighted by Gasteiger charge is 2.16. The lowest BCUT2D eigenvalue weighted by Crippen LogP contribution is -1.98. The molecule has 0 aromatic heterocycles. The van der Waals surface area contributed by atoms with Crippen molar-refractivity contribution in [2.45, 2.75) is 6.61 Å². The molecule has 0 saturated carbocycles. The Kier molecular flexibility index (Phi) is 4.34. The molecule has 0 aliphatic rings. The van der Waals surface area contributed by atoms with E-state index < -0.39 is 17.3 Å². The number of ether oxygens (including phenoxy) is 2. The third-order valence-corrected chi connectivity index (χ3v) is 2.81. The zero-order valence-electron chi connectivity index (χ0n) is 11.1. The van der Waals surface area contributed by atoms with Gasteiger partial charge in [-0.1, -0.05) is 6.07 Å². The van der Waals surface area contributed by atoms with E-state index in [-0.39, 0.29) is 28.5 Å². The number of rotatable bonds is 5. The van der Waals surface area contributed by atoms with Gasteiger partial charge in [0.1, 0.15) is 11.6 Å². The fourth-order valence-electron chi connectivity index (χ4n) is 1.77. The fraction of sp³-hybridized carbons (Fsp3) is 0.143. The lowest BCUT2D eigenvalue weighted by atomic mass is 10.2. The number of hydrogen-bond donors (Lipinski definition) is 1. The lowest BCUT2D eigenvalue weighted by molar-refractivity contribution is -0.384. The molecule has 0 heterocycles. The van der Waals surface area contributed by atoms with Gasteiger partial charge in [0, 0.05) is 6.07 Å². The minimum absolute atomic E-state index is 0.0361. The Morgan fingerprint density at radius 1 is 1.24 bits per heavy atom. The predicted molar refractivity (Wildman–Crippen MR) is 72.0 cm³/mol. The Morgan fingerprint density at radius 2 is 2.00 bits per heavy atom. The summed E-state index contributed by atoms with van der Waals surface area (Å²) in [6.07, 6.45) is 0. The van der Waals surface area contributed by atoms with Crippen LogP contribution >= 0.6 is 0 Å². The maximum absolute atomic E-state index is 13.6. The Morgan fingerprint density at radius 3 is 2.62 bits per heavy atom. The molecule has 7 heteroatoms. The van der Waals surface area contributed by atoms with Crippen molar-refractivity contribution in [3.63, 3.8) is 0 Å². The van der Waals surface area contributed by atoms with Gasteiger partial charge < -0.3 is 14.6 Å². The average molecular weight is 293 g/mol. The SMILES string of the molecule is COc1ccc([N+](=O)[O-])cc1Oc1cccc(F)c1CO. The highest BCUT2D eigenvalue weighted by Crippen LogP contribution is 2.36. The van der Waals surface area contributed by atoms with Crippen molar-refractivity contribution in [3.05, 3.63) is 57.9 Å². The minimum atomic E-state index is -0.626. The second kappa shape index (κ2) is 6.19. The summed E-state index contributed by atoms with van der Waals surface area (Å²) in [6.45, 7) is -0.556. The van der Waals surface area contributed by atoms with Crippen molar-refractivity contribution in [1.29, 1.82) is 0 Å². The molecule has 110 valence electrons. The van der Waals surface area contributed by atoms with Gasteiger partial charge >= 0.3 is 0 Å². The van der Waals surface area contributed by atoms with E-state index in [0.29, 0.717) is 0 Å². The van der Waals surface area contributed by atoms with Gasteiger partial charge in [0.25, 0.3) is 5.69 Å². The number of non-ortho nitro benzene ring substituents is 1. The van der Waals surface area contributed by atoms with Crippen LogP contribution in [0, 0.1) is 15.9 Å². The van der Waals surface area contributed by atoms with Crippen molar-refractivity contribution < 1.29 is 23.9 Å². The van der Waals surface area contributed by atoms with Crippen LogP contribution in [0.25, 0.3) is 0 Å². The number of hydrogen-bond acceptors (Lipinski definition) is 5. The summed E-state index contributed by atoms with van der Waals surface area (Å²) >= 11 is 0. The van der Waals surface area contributed by atoms with Gasteiger partial charge in [0.05, 0.1) is 30.3 Å². The maximum Gasteiger partial charge on any atom is 0.273 e. The molecular formula is C14H12FNO5. The normalized spacial score (nSPS) is 10.2. The topological polar surface area (TPSA) is 81.8 Å². The number of nitrogens with zero attached hydrogens (tertiary/aromatic N) is 1. The first-order valence-corrected chi connectivity index (χ1v) is 5.95. The molecule has 0 spiro atoms. The molecule has 0 fully saturated rings. The predicted octanol–water partition coefficient (Wildman–Crippen LogP) is 3.03. The second-order valence-corrected chi connectivity index (χ2v) is 4.07. The van der Waals surface area contributed by atoms with E-state index in [1.54, 1.807) is 0 Å². The number of halogens is 1. The molecule has 0 amide bonds. The van der Waals surface area contributed by atoms with Gasteiger partial charge in [0.2, 0.25) is 0 Å². The molecule has 6 nitrogen and oxygen atoms in total. The summed E-state index contributed by atoms with van der Waals surface area (Å²) in [6, 6.07) is 7.87. The number of nitro groups is 1. The molecule has 2 rings (SSSR count). The number of aliphatic hydroxyl groups excluding tert-OH is 1. The molecule has 0 radical (unpaired) electrons. The van der Waals surface area contributed by atoms with Crippen LogP contribution in [0.3, 0.4) is 0 Å². The molecule has 0 unspecified atom stereocenters. The Bertz CT molecular complexity index is 674. The van der Waals surface area contributed by atoms with Crippen LogP contribution in [0.15, 0.2) is 36.4 Å². The quantitative estimate of drug-likeness (QED) is 0.677. The highest BCUT2D eigenvalue weighted by molar-refractivity contribution is 5.51. The van der Waals surface area contributed by atoms with Gasteiger partial charge in [-0.05, 0) is 18.2 Å². The number of benzene rings is 2. The van der Waals surface area contributed by atoms with E-state index in [0.717, 1.165) is 0 Å². The number of methoxy groups -OCH3 is 1. The molecular weight excluding hydrogens is 281 g/mol. The Balaban J connectivity index is 2.45. The van der Waals surface area contributed by atoms with Crippen LogP contribution in [0.1, 0.15) is 5.56 Å². The average Bonchev–Trinajstić information content (AvgIpc) is 2.47. The van der Waals surface area contributed by atoms with Crippen molar-refractivity contribution >= 4 is 5.69 Å². The Hall–Kier alpha value is -2.67. The van der Waals surface area contributed by atoms with Crippen LogP contribution in [-0.4, -0.2) is 17.1 Å². The van der Waals surface area contributed by atoms with Crippen LogP contribution < -0.4 is 9.47 Å². The van der Waals surface area contributed by atoms with E-state index >= 15 is 0 Å². The van der Waals surface area contributed by atoms with Gasteiger partial charge in [-0.2, -0.15) is 0 Å². The zero-order valence-corrected chi connectivity index (χ0v) is 11.1. The first-order chi connectivity index (χ1) is 10.1. The zero-order chi connectivity index (χ0) is 15.4. The second-order valence-electron chi connectivity index (χ2n) is 4.07. The molecule has 2 aromatic rings. The number of nitro benzene ring substituents is 1. The van der Waals surface area contributed by atoms with Gasteiger partial charge in [0.15, 0.2) is 11.5 Å². The molecule has 0 bridgehead atoms. The van der Waals surface area contributed by atoms with Crippen LogP contribution in [0.5, 0.6) is 17.2 Å². The molecule has 0 aliphatic carbocycles. The highest BCUT2D eigenvalue weighted by atomic mass is 19.1. The van der Waals surface area contributed by atoms with E-state index in [9.17, 15) is 19.6 Å². The van der Waals surface area contributed by atoms with Crippen molar-refractivity contribution in [2.24, 2.45) is 0 Å². The molecule has 0 aliphatic heterocycles. The fourth-order valence-corrected chi connectivity index (χ4v) is 1.77.